The first kappa shape index (κ1) is 57.8. The third-order valence-corrected chi connectivity index (χ3v) is 9.79. The van der Waals surface area contributed by atoms with Gasteiger partial charge in [-0.15, -0.1) is 0 Å². The summed E-state index contributed by atoms with van der Waals surface area (Å²) < 4.78 is 16.7. The zero-order valence-corrected chi connectivity index (χ0v) is 39.6. The van der Waals surface area contributed by atoms with Crippen molar-refractivity contribution in [3.8, 4) is 0 Å². The molecule has 0 N–H and O–H groups in total. The average molecular weight is 857 g/mol. The molecule has 0 heterocycles. The van der Waals surface area contributed by atoms with Gasteiger partial charge in [0, 0.05) is 19.3 Å². The molecular weight excluding hydrogens is 769 g/mol. The fourth-order valence-electron chi connectivity index (χ4n) is 6.17. The van der Waals surface area contributed by atoms with Crippen LogP contribution in [0.4, 0.5) is 0 Å². The van der Waals surface area contributed by atoms with Crippen LogP contribution in [0.2, 0.25) is 0 Å². The number of carbonyl (C=O) groups excluding carboxylic acids is 3. The molecule has 0 spiro atoms. The highest BCUT2D eigenvalue weighted by molar-refractivity contribution is 5.71. The summed E-state index contributed by atoms with van der Waals surface area (Å²) in [7, 11) is 0. The van der Waals surface area contributed by atoms with E-state index < -0.39 is 6.10 Å². The van der Waals surface area contributed by atoms with Crippen LogP contribution in [0.1, 0.15) is 194 Å². The number of allylic oxidation sites excluding steroid dienone is 20. The van der Waals surface area contributed by atoms with Crippen LogP contribution in [0.5, 0.6) is 0 Å². The lowest BCUT2D eigenvalue weighted by atomic mass is 10.1. The Morgan fingerprint density at radius 2 is 0.694 bits per heavy atom. The third kappa shape index (κ3) is 46.9. The van der Waals surface area contributed by atoms with Crippen molar-refractivity contribution in [3.63, 3.8) is 0 Å². The van der Waals surface area contributed by atoms with Crippen molar-refractivity contribution < 1.29 is 28.6 Å². The van der Waals surface area contributed by atoms with Crippen molar-refractivity contribution in [3.05, 3.63) is 122 Å². The highest BCUT2D eigenvalue weighted by Crippen LogP contribution is 2.12. The molecule has 0 fully saturated rings. The maximum Gasteiger partial charge on any atom is 0.306 e. The van der Waals surface area contributed by atoms with Crippen LogP contribution in [0.15, 0.2) is 122 Å². The quantitative estimate of drug-likeness (QED) is 0.0200. The second kappa shape index (κ2) is 49.5. The van der Waals surface area contributed by atoms with E-state index in [1.807, 2.05) is 36.5 Å². The van der Waals surface area contributed by atoms with E-state index in [0.29, 0.717) is 12.8 Å². The Balaban J connectivity index is 4.51. The van der Waals surface area contributed by atoms with E-state index in [0.717, 1.165) is 148 Å². The van der Waals surface area contributed by atoms with Gasteiger partial charge in [0.25, 0.3) is 0 Å². The first-order chi connectivity index (χ1) is 30.5. The molecule has 348 valence electrons. The first-order valence-corrected chi connectivity index (χ1v) is 24.6. The molecular formula is C56H88O6. The number of hydrogen-bond acceptors (Lipinski definition) is 6. The second-order valence-corrected chi connectivity index (χ2v) is 15.7. The highest BCUT2D eigenvalue weighted by atomic mass is 16.6. The average Bonchev–Trinajstić information content (AvgIpc) is 3.27. The van der Waals surface area contributed by atoms with E-state index in [2.05, 4.69) is 106 Å². The number of rotatable bonds is 42. The highest BCUT2D eigenvalue weighted by Gasteiger charge is 2.19. The molecule has 0 radical (unpaired) electrons. The summed E-state index contributed by atoms with van der Waals surface area (Å²) >= 11 is 0. The monoisotopic (exact) mass is 857 g/mol. The van der Waals surface area contributed by atoms with E-state index in [-0.39, 0.29) is 37.5 Å². The van der Waals surface area contributed by atoms with Gasteiger partial charge in [0.15, 0.2) is 6.10 Å². The topological polar surface area (TPSA) is 78.9 Å². The minimum Gasteiger partial charge on any atom is -0.462 e. The number of ether oxygens (including phenoxy) is 3. The van der Waals surface area contributed by atoms with Crippen molar-refractivity contribution in [1.29, 1.82) is 0 Å². The van der Waals surface area contributed by atoms with Crippen LogP contribution < -0.4 is 0 Å². The molecule has 0 saturated carbocycles. The molecule has 0 bridgehead atoms. The molecule has 62 heavy (non-hydrogen) atoms. The predicted molar refractivity (Wildman–Crippen MR) is 265 cm³/mol. The van der Waals surface area contributed by atoms with Gasteiger partial charge in [-0.05, 0) is 96.3 Å². The first-order valence-electron chi connectivity index (χ1n) is 24.6. The van der Waals surface area contributed by atoms with Gasteiger partial charge in [-0.25, -0.2) is 0 Å². The molecule has 1 unspecified atom stereocenters. The van der Waals surface area contributed by atoms with Crippen molar-refractivity contribution in [1.82, 2.24) is 0 Å². The summed E-state index contributed by atoms with van der Waals surface area (Å²) in [5.41, 5.74) is 0. The predicted octanol–water partition coefficient (Wildman–Crippen LogP) is 16.1. The van der Waals surface area contributed by atoms with Gasteiger partial charge in [0.05, 0.1) is 0 Å². The summed E-state index contributed by atoms with van der Waals surface area (Å²) in [6, 6.07) is 0. The van der Waals surface area contributed by atoms with Gasteiger partial charge in [-0.3, -0.25) is 14.4 Å². The van der Waals surface area contributed by atoms with Gasteiger partial charge in [-0.1, -0.05) is 200 Å². The second-order valence-electron chi connectivity index (χ2n) is 15.7. The lowest BCUT2D eigenvalue weighted by Crippen LogP contribution is -2.30. The Morgan fingerprint density at radius 3 is 1.13 bits per heavy atom. The van der Waals surface area contributed by atoms with Crippen molar-refractivity contribution in [2.24, 2.45) is 0 Å². The summed E-state index contributed by atoms with van der Waals surface area (Å²) in [5, 5.41) is 0. The van der Waals surface area contributed by atoms with Crippen molar-refractivity contribution in [2.75, 3.05) is 13.2 Å². The van der Waals surface area contributed by atoms with E-state index >= 15 is 0 Å². The van der Waals surface area contributed by atoms with Gasteiger partial charge >= 0.3 is 17.9 Å². The zero-order valence-electron chi connectivity index (χ0n) is 39.6. The lowest BCUT2D eigenvalue weighted by Gasteiger charge is -2.18. The van der Waals surface area contributed by atoms with Crippen LogP contribution in [-0.2, 0) is 28.6 Å². The molecule has 1 atom stereocenters. The molecule has 6 nitrogen and oxygen atoms in total. The normalized spacial score (nSPS) is 13.1. The fraction of sp³-hybridized carbons (Fsp3) is 0.589. The Morgan fingerprint density at radius 1 is 0.355 bits per heavy atom. The molecule has 0 saturated heterocycles. The SMILES string of the molecule is CC/C=C\C/C=C\C/C=C\CCCCCCC(=O)OC(COC(=O)CCCCCCC\C=C/C=C\C=C/C=C\C=C/CCC)COC(=O)CCCCCCC/C=C\C/C=C\CC. The minimum atomic E-state index is -0.809. The standard InChI is InChI=1S/C56H88O6/c1-4-7-10-13-16-19-22-25-27-28-29-30-32-34-37-40-43-46-49-55(58)61-52-53(51-60-54(57)48-45-42-39-36-33-24-21-18-15-12-9-6-3)62-56(59)50-47-44-41-38-35-31-26-23-20-17-14-11-8-5-2/h8-13,16-22,25-31,53H,4-7,14-15,23-24,32-52H2,1-3H3/b11-8-,12-9-,13-10-,19-16-,20-17-,21-18-,25-22-,28-27-,30-29-,31-26-. The van der Waals surface area contributed by atoms with Crippen LogP contribution in [0.3, 0.4) is 0 Å². The Hall–Kier alpha value is -4.19. The van der Waals surface area contributed by atoms with Crippen LogP contribution in [0, 0.1) is 0 Å². The lowest BCUT2D eigenvalue weighted by molar-refractivity contribution is -0.167. The van der Waals surface area contributed by atoms with Gasteiger partial charge < -0.3 is 14.2 Å². The number of hydrogen-bond donors (Lipinski definition) is 0. The number of carbonyl (C=O) groups is 3. The molecule has 6 heteroatoms. The largest absolute Gasteiger partial charge is 0.462 e. The van der Waals surface area contributed by atoms with Crippen LogP contribution >= 0.6 is 0 Å². The molecule has 0 aliphatic carbocycles. The number of unbranched alkanes of at least 4 members (excludes halogenated alkanes) is 15. The third-order valence-electron chi connectivity index (χ3n) is 9.79. The van der Waals surface area contributed by atoms with Crippen LogP contribution in [-0.4, -0.2) is 37.2 Å². The number of esters is 3. The maximum absolute atomic E-state index is 12.8. The molecule has 0 rings (SSSR count). The van der Waals surface area contributed by atoms with Gasteiger partial charge in [-0.2, -0.15) is 0 Å². The maximum atomic E-state index is 12.8. The summed E-state index contributed by atoms with van der Waals surface area (Å²) in [4.78, 5) is 37.9. The van der Waals surface area contributed by atoms with Crippen molar-refractivity contribution in [2.45, 2.75) is 200 Å². The van der Waals surface area contributed by atoms with Gasteiger partial charge in [0.1, 0.15) is 13.2 Å². The van der Waals surface area contributed by atoms with Crippen molar-refractivity contribution >= 4 is 17.9 Å². The molecule has 0 aliphatic heterocycles. The summed E-state index contributed by atoms with van der Waals surface area (Å²) in [6.07, 6.45) is 67.4. The van der Waals surface area contributed by atoms with E-state index in [4.69, 9.17) is 14.2 Å². The summed E-state index contributed by atoms with van der Waals surface area (Å²) in [5.74, 6) is -0.979. The van der Waals surface area contributed by atoms with E-state index in [9.17, 15) is 14.4 Å². The van der Waals surface area contributed by atoms with Gasteiger partial charge in [0.2, 0.25) is 0 Å². The zero-order chi connectivity index (χ0) is 45.1. The van der Waals surface area contributed by atoms with Crippen LogP contribution in [0.25, 0.3) is 0 Å². The minimum absolute atomic E-state index is 0.107. The molecule has 0 aromatic heterocycles. The molecule has 0 aromatic rings. The molecule has 0 amide bonds. The smallest absolute Gasteiger partial charge is 0.306 e. The fourth-order valence-corrected chi connectivity index (χ4v) is 6.17. The Bertz CT molecular complexity index is 1350. The van der Waals surface area contributed by atoms with E-state index in [1.54, 1.807) is 0 Å². The molecule has 0 aliphatic rings. The Kier molecular flexibility index (Phi) is 46.1. The summed E-state index contributed by atoms with van der Waals surface area (Å²) in [6.45, 7) is 6.25. The molecule has 0 aromatic carbocycles. The van der Waals surface area contributed by atoms with E-state index in [1.165, 1.54) is 6.42 Å². The Labute approximate surface area is 380 Å².